The van der Waals surface area contributed by atoms with E-state index in [0.29, 0.717) is 11.4 Å². The molecule has 21 heavy (non-hydrogen) atoms. The highest BCUT2D eigenvalue weighted by molar-refractivity contribution is 9.10. The summed E-state index contributed by atoms with van der Waals surface area (Å²) < 4.78 is 19.4. The Morgan fingerprint density at radius 3 is 2.81 bits per heavy atom. The van der Waals surface area contributed by atoms with E-state index in [-0.39, 0.29) is 18.2 Å². The summed E-state index contributed by atoms with van der Waals surface area (Å²) in [5.41, 5.74) is 0.642. The molecule has 1 unspecified atom stereocenters. The molecule has 112 valence electrons. The van der Waals surface area contributed by atoms with Crippen molar-refractivity contribution in [1.82, 2.24) is 0 Å². The van der Waals surface area contributed by atoms with E-state index >= 15 is 0 Å². The van der Waals surface area contributed by atoms with Crippen LogP contribution in [-0.2, 0) is 0 Å². The fraction of sp³-hybridized carbons (Fsp3) is 0.200. The van der Waals surface area contributed by atoms with E-state index in [1.807, 2.05) is 24.3 Å². The molecule has 1 atom stereocenters. The number of hydrogen-bond acceptors (Lipinski definition) is 3. The van der Waals surface area contributed by atoms with Crippen LogP contribution in [0.5, 0.6) is 5.75 Å². The van der Waals surface area contributed by atoms with Crippen LogP contribution in [0.3, 0.4) is 0 Å². The van der Waals surface area contributed by atoms with Crippen molar-refractivity contribution >= 4 is 33.2 Å². The van der Waals surface area contributed by atoms with Crippen molar-refractivity contribution in [2.75, 3.05) is 18.5 Å². The lowest BCUT2D eigenvalue weighted by atomic mass is 10.3. The molecule has 2 rings (SSSR count). The van der Waals surface area contributed by atoms with Gasteiger partial charge in [-0.25, -0.2) is 4.39 Å². The molecule has 0 spiro atoms. The Labute approximate surface area is 135 Å². The Morgan fingerprint density at radius 2 is 2.10 bits per heavy atom. The number of aliphatic hydroxyl groups is 1. The quantitative estimate of drug-likeness (QED) is 0.800. The molecule has 2 N–H and O–H groups in total. The summed E-state index contributed by atoms with van der Waals surface area (Å²) in [5, 5.41) is 12.9. The van der Waals surface area contributed by atoms with Crippen molar-refractivity contribution in [1.29, 1.82) is 0 Å². The van der Waals surface area contributed by atoms with Crippen molar-refractivity contribution < 1.29 is 14.2 Å². The van der Waals surface area contributed by atoms with Gasteiger partial charge in [0.15, 0.2) is 0 Å². The zero-order valence-electron chi connectivity index (χ0n) is 11.0. The molecule has 0 aromatic heterocycles. The molecule has 2 aromatic carbocycles. The summed E-state index contributed by atoms with van der Waals surface area (Å²) in [5.74, 6) is 0.203. The standard InChI is InChI=1S/C15H14BrClFNO2/c16-10-2-1-3-13(6-10)21-9-12(20)8-19-11-4-5-15(18)14(17)7-11/h1-7,12,19-20H,8-9H2. The third-order valence-electron chi connectivity index (χ3n) is 2.70. The monoisotopic (exact) mass is 373 g/mol. The second-order valence-corrected chi connectivity index (χ2v) is 5.75. The van der Waals surface area contributed by atoms with E-state index in [1.54, 1.807) is 6.07 Å². The van der Waals surface area contributed by atoms with Gasteiger partial charge in [-0.05, 0) is 36.4 Å². The Hall–Kier alpha value is -1.30. The third-order valence-corrected chi connectivity index (χ3v) is 3.48. The van der Waals surface area contributed by atoms with Gasteiger partial charge in [0.2, 0.25) is 0 Å². The Kier molecular flexibility index (Phi) is 5.85. The summed E-state index contributed by atoms with van der Waals surface area (Å²) in [6, 6.07) is 11.7. The Morgan fingerprint density at radius 1 is 1.29 bits per heavy atom. The molecule has 0 saturated heterocycles. The van der Waals surface area contributed by atoms with Gasteiger partial charge in [0, 0.05) is 16.7 Å². The average Bonchev–Trinajstić information content (AvgIpc) is 2.46. The van der Waals surface area contributed by atoms with Crippen LogP contribution < -0.4 is 10.1 Å². The summed E-state index contributed by atoms with van der Waals surface area (Å²) in [6.07, 6.45) is -0.701. The molecule has 3 nitrogen and oxygen atoms in total. The highest BCUT2D eigenvalue weighted by Gasteiger charge is 2.07. The van der Waals surface area contributed by atoms with Gasteiger partial charge >= 0.3 is 0 Å². The fourth-order valence-corrected chi connectivity index (χ4v) is 2.21. The summed E-state index contributed by atoms with van der Waals surface area (Å²) in [6.45, 7) is 0.425. The minimum absolute atomic E-state index is 0.0416. The van der Waals surface area contributed by atoms with Crippen molar-refractivity contribution in [3.8, 4) is 5.75 Å². The predicted molar refractivity (Wildman–Crippen MR) is 85.5 cm³/mol. The molecule has 0 heterocycles. The number of halogens is 3. The van der Waals surface area contributed by atoms with Crippen molar-refractivity contribution in [3.63, 3.8) is 0 Å². The molecule has 0 amide bonds. The highest BCUT2D eigenvalue weighted by atomic mass is 79.9. The zero-order valence-corrected chi connectivity index (χ0v) is 13.4. The first kappa shape index (κ1) is 16.1. The van der Waals surface area contributed by atoms with Crippen LogP contribution in [0.25, 0.3) is 0 Å². The molecular formula is C15H14BrClFNO2. The van der Waals surface area contributed by atoms with Crippen LogP contribution >= 0.6 is 27.5 Å². The second-order valence-electron chi connectivity index (χ2n) is 4.43. The van der Waals surface area contributed by atoms with Crippen molar-refractivity contribution in [2.45, 2.75) is 6.10 Å². The number of rotatable bonds is 6. The smallest absolute Gasteiger partial charge is 0.141 e. The molecule has 0 aliphatic heterocycles. The molecule has 2 aromatic rings. The normalized spacial score (nSPS) is 12.0. The maximum Gasteiger partial charge on any atom is 0.141 e. The van der Waals surface area contributed by atoms with Crippen LogP contribution in [0.2, 0.25) is 5.02 Å². The van der Waals surface area contributed by atoms with Gasteiger partial charge < -0.3 is 15.2 Å². The van der Waals surface area contributed by atoms with Gasteiger partial charge in [-0.3, -0.25) is 0 Å². The van der Waals surface area contributed by atoms with Crippen LogP contribution in [0.4, 0.5) is 10.1 Å². The molecule has 0 fully saturated rings. The predicted octanol–water partition coefficient (Wildman–Crippen LogP) is 4.09. The first-order valence-corrected chi connectivity index (χ1v) is 7.47. The first-order valence-electron chi connectivity index (χ1n) is 6.30. The van der Waals surface area contributed by atoms with Gasteiger partial charge in [0.25, 0.3) is 0 Å². The van der Waals surface area contributed by atoms with Crippen molar-refractivity contribution in [3.05, 3.63) is 57.8 Å². The van der Waals surface area contributed by atoms with Gasteiger partial charge in [0.05, 0.1) is 5.02 Å². The minimum Gasteiger partial charge on any atom is -0.491 e. The maximum atomic E-state index is 13.0. The lowest BCUT2D eigenvalue weighted by Crippen LogP contribution is -2.26. The van der Waals surface area contributed by atoms with Gasteiger partial charge in [-0.1, -0.05) is 33.6 Å². The minimum atomic E-state index is -0.701. The topological polar surface area (TPSA) is 41.5 Å². The van der Waals surface area contributed by atoms with Gasteiger partial charge in [-0.2, -0.15) is 0 Å². The van der Waals surface area contributed by atoms with E-state index in [2.05, 4.69) is 21.2 Å². The van der Waals surface area contributed by atoms with Gasteiger partial charge in [0.1, 0.15) is 24.3 Å². The third kappa shape index (κ3) is 5.19. The van der Waals surface area contributed by atoms with E-state index in [9.17, 15) is 9.50 Å². The van der Waals surface area contributed by atoms with Crippen LogP contribution in [0.1, 0.15) is 0 Å². The first-order chi connectivity index (χ1) is 10.0. The highest BCUT2D eigenvalue weighted by Crippen LogP contribution is 2.20. The van der Waals surface area contributed by atoms with E-state index in [4.69, 9.17) is 16.3 Å². The molecular weight excluding hydrogens is 361 g/mol. The summed E-state index contributed by atoms with van der Waals surface area (Å²) in [7, 11) is 0. The lowest BCUT2D eigenvalue weighted by Gasteiger charge is -2.14. The fourth-order valence-electron chi connectivity index (χ4n) is 1.65. The molecule has 0 saturated carbocycles. The summed E-state index contributed by atoms with van der Waals surface area (Å²) in [4.78, 5) is 0. The van der Waals surface area contributed by atoms with E-state index < -0.39 is 11.9 Å². The Bertz CT molecular complexity index is 612. The number of hydrogen-bond donors (Lipinski definition) is 2. The molecule has 0 aliphatic rings. The molecule has 0 radical (unpaired) electrons. The second kappa shape index (κ2) is 7.64. The average molecular weight is 375 g/mol. The van der Waals surface area contributed by atoms with Crippen LogP contribution in [0.15, 0.2) is 46.9 Å². The number of ether oxygens (including phenoxy) is 1. The molecule has 0 bridgehead atoms. The largest absolute Gasteiger partial charge is 0.491 e. The van der Waals surface area contributed by atoms with Crippen molar-refractivity contribution in [2.24, 2.45) is 0 Å². The number of anilines is 1. The number of nitrogens with one attached hydrogen (secondary N) is 1. The van der Waals surface area contributed by atoms with Crippen LogP contribution in [-0.4, -0.2) is 24.4 Å². The van der Waals surface area contributed by atoms with Crippen LogP contribution in [0, 0.1) is 5.82 Å². The molecule has 0 aliphatic carbocycles. The number of aliphatic hydroxyl groups excluding tert-OH is 1. The SMILES string of the molecule is OC(CNc1ccc(F)c(Cl)c1)COc1cccc(Br)c1. The van der Waals surface area contributed by atoms with E-state index in [0.717, 1.165) is 4.47 Å². The van der Waals surface area contributed by atoms with Gasteiger partial charge in [-0.15, -0.1) is 0 Å². The van der Waals surface area contributed by atoms with E-state index in [1.165, 1.54) is 12.1 Å². The Balaban J connectivity index is 1.79. The summed E-state index contributed by atoms with van der Waals surface area (Å²) >= 11 is 9.02. The lowest BCUT2D eigenvalue weighted by molar-refractivity contribution is 0.117. The number of benzene rings is 2. The maximum absolute atomic E-state index is 13.0. The molecule has 6 heteroatoms. The zero-order chi connectivity index (χ0) is 15.2.